The van der Waals surface area contributed by atoms with Crippen LogP contribution in [0.2, 0.25) is 0 Å². The number of nitrogens with one attached hydrogen (secondary N) is 1. The fraction of sp³-hybridized carbons (Fsp3) is 0.417. The molecular weight excluding hydrogens is 239 g/mol. The quantitative estimate of drug-likeness (QED) is 0.838. The van der Waals surface area contributed by atoms with Gasteiger partial charge in [-0.25, -0.2) is 9.18 Å². The number of hydrogen-bond acceptors (Lipinski definition) is 4. The number of methoxy groups -OCH3 is 1. The summed E-state index contributed by atoms with van der Waals surface area (Å²) in [7, 11) is 1.38. The second-order valence-corrected chi connectivity index (χ2v) is 3.55. The number of amides is 1. The first-order chi connectivity index (χ1) is 8.62. The van der Waals surface area contributed by atoms with Gasteiger partial charge in [0.15, 0.2) is 11.6 Å². The molecule has 1 amide bonds. The number of alkyl carbamates (subject to hydrolysis) is 1. The van der Waals surface area contributed by atoms with E-state index in [4.69, 9.17) is 15.2 Å². The normalized spacial score (nSPS) is 11.8. The molecule has 1 atom stereocenters. The number of ether oxygens (including phenoxy) is 2. The molecule has 0 fully saturated rings. The lowest BCUT2D eigenvalue weighted by molar-refractivity contribution is 0.148. The van der Waals surface area contributed by atoms with Gasteiger partial charge in [0, 0.05) is 6.54 Å². The molecule has 0 aliphatic rings. The number of nitrogens with two attached hydrogens (primary N) is 1. The highest BCUT2D eigenvalue weighted by atomic mass is 19.1. The molecule has 0 bridgehead atoms. The van der Waals surface area contributed by atoms with E-state index in [1.54, 1.807) is 13.0 Å². The zero-order valence-corrected chi connectivity index (χ0v) is 10.4. The molecule has 1 aromatic rings. The van der Waals surface area contributed by atoms with Crippen LogP contribution in [0.25, 0.3) is 0 Å². The lowest BCUT2D eigenvalue weighted by Crippen LogP contribution is -2.33. The molecule has 100 valence electrons. The lowest BCUT2D eigenvalue weighted by Gasteiger charge is -2.17. The minimum absolute atomic E-state index is 0.143. The lowest BCUT2D eigenvalue weighted by atomic mass is 10.1. The number of carbonyl (C=O) groups is 1. The Morgan fingerprint density at radius 1 is 1.56 bits per heavy atom. The van der Waals surface area contributed by atoms with Crippen molar-refractivity contribution in [1.82, 2.24) is 5.32 Å². The molecule has 0 saturated heterocycles. The van der Waals surface area contributed by atoms with Crippen molar-refractivity contribution in [2.45, 2.75) is 13.0 Å². The third-order valence-corrected chi connectivity index (χ3v) is 2.38. The maximum absolute atomic E-state index is 13.5. The van der Waals surface area contributed by atoms with Crippen LogP contribution in [0.5, 0.6) is 5.75 Å². The number of carbonyl (C=O) groups excluding carboxylic acids is 1. The summed E-state index contributed by atoms with van der Waals surface area (Å²) in [6, 6.07) is 3.92. The monoisotopic (exact) mass is 256 g/mol. The van der Waals surface area contributed by atoms with Gasteiger partial charge in [-0.05, 0) is 24.6 Å². The van der Waals surface area contributed by atoms with Gasteiger partial charge in [-0.15, -0.1) is 0 Å². The van der Waals surface area contributed by atoms with Gasteiger partial charge in [-0.3, -0.25) is 0 Å². The fourth-order valence-corrected chi connectivity index (χ4v) is 1.49. The molecule has 0 saturated carbocycles. The highest BCUT2D eigenvalue weighted by Crippen LogP contribution is 2.21. The molecule has 0 aromatic heterocycles. The Morgan fingerprint density at radius 2 is 2.28 bits per heavy atom. The Kier molecular flexibility index (Phi) is 5.38. The average molecular weight is 256 g/mol. The van der Waals surface area contributed by atoms with Crippen LogP contribution in [0.3, 0.4) is 0 Å². The number of rotatable bonds is 5. The van der Waals surface area contributed by atoms with Gasteiger partial charge in [0.1, 0.15) is 0 Å². The number of benzene rings is 1. The summed E-state index contributed by atoms with van der Waals surface area (Å²) in [5.41, 5.74) is 6.11. The third-order valence-electron chi connectivity index (χ3n) is 2.38. The molecule has 1 rings (SSSR count). The van der Waals surface area contributed by atoms with Crippen molar-refractivity contribution in [1.29, 1.82) is 0 Å². The molecule has 0 aliphatic heterocycles. The molecular formula is C12H17FN2O3. The van der Waals surface area contributed by atoms with E-state index in [9.17, 15) is 9.18 Å². The molecule has 5 nitrogen and oxygen atoms in total. The number of halogens is 1. The summed E-state index contributed by atoms with van der Waals surface area (Å²) in [6.45, 7) is 2.11. The Morgan fingerprint density at radius 3 is 2.78 bits per heavy atom. The number of hydrogen-bond donors (Lipinski definition) is 2. The summed E-state index contributed by atoms with van der Waals surface area (Å²) in [4.78, 5) is 11.3. The van der Waals surface area contributed by atoms with Gasteiger partial charge in [-0.2, -0.15) is 0 Å². The highest BCUT2D eigenvalue weighted by Gasteiger charge is 2.15. The molecule has 0 heterocycles. The zero-order valence-electron chi connectivity index (χ0n) is 10.4. The standard InChI is InChI=1S/C12H17FN2O3/c1-3-18-12(16)15-10(7-14)8-4-5-11(17-2)9(13)6-8/h4-6,10H,3,7,14H2,1-2H3,(H,15,16). The van der Waals surface area contributed by atoms with Gasteiger partial charge in [0.05, 0.1) is 19.8 Å². The molecule has 0 radical (unpaired) electrons. The first-order valence-electron chi connectivity index (χ1n) is 5.59. The van der Waals surface area contributed by atoms with E-state index >= 15 is 0 Å². The van der Waals surface area contributed by atoms with Crippen LogP contribution in [-0.2, 0) is 4.74 Å². The van der Waals surface area contributed by atoms with Crippen molar-refractivity contribution in [2.24, 2.45) is 5.73 Å². The minimum Gasteiger partial charge on any atom is -0.494 e. The van der Waals surface area contributed by atoms with E-state index in [0.717, 1.165) is 0 Å². The Labute approximate surface area is 105 Å². The molecule has 6 heteroatoms. The van der Waals surface area contributed by atoms with E-state index in [1.165, 1.54) is 19.2 Å². The largest absolute Gasteiger partial charge is 0.494 e. The van der Waals surface area contributed by atoms with Crippen molar-refractivity contribution >= 4 is 6.09 Å². The summed E-state index contributed by atoms with van der Waals surface area (Å²) in [5, 5.41) is 2.55. The van der Waals surface area contributed by atoms with E-state index in [2.05, 4.69) is 5.32 Å². The second-order valence-electron chi connectivity index (χ2n) is 3.55. The van der Waals surface area contributed by atoms with Crippen LogP contribution in [-0.4, -0.2) is 26.4 Å². The predicted octanol–water partition coefficient (Wildman–Crippen LogP) is 1.58. The predicted molar refractivity (Wildman–Crippen MR) is 64.9 cm³/mol. The first-order valence-corrected chi connectivity index (χ1v) is 5.59. The van der Waals surface area contributed by atoms with Crippen LogP contribution in [0, 0.1) is 5.82 Å². The van der Waals surface area contributed by atoms with Gasteiger partial charge >= 0.3 is 6.09 Å². The summed E-state index contributed by atoms with van der Waals surface area (Å²) in [6.07, 6.45) is -0.579. The van der Waals surface area contributed by atoms with Crippen molar-refractivity contribution in [3.05, 3.63) is 29.6 Å². The smallest absolute Gasteiger partial charge is 0.407 e. The van der Waals surface area contributed by atoms with Crippen LogP contribution in [0.4, 0.5) is 9.18 Å². The van der Waals surface area contributed by atoms with Gasteiger partial charge < -0.3 is 20.5 Å². The van der Waals surface area contributed by atoms with Gasteiger partial charge in [-0.1, -0.05) is 6.07 Å². The highest BCUT2D eigenvalue weighted by molar-refractivity contribution is 5.67. The molecule has 3 N–H and O–H groups in total. The SMILES string of the molecule is CCOC(=O)NC(CN)c1ccc(OC)c(F)c1. The fourth-order valence-electron chi connectivity index (χ4n) is 1.49. The zero-order chi connectivity index (χ0) is 13.5. The van der Waals surface area contributed by atoms with E-state index in [0.29, 0.717) is 5.56 Å². The van der Waals surface area contributed by atoms with Gasteiger partial charge in [0.2, 0.25) is 0 Å². The molecule has 18 heavy (non-hydrogen) atoms. The molecule has 0 spiro atoms. The Bertz CT molecular complexity index is 412. The molecule has 1 aromatic carbocycles. The van der Waals surface area contributed by atoms with Crippen LogP contribution in [0.1, 0.15) is 18.5 Å². The van der Waals surface area contributed by atoms with Crippen molar-refractivity contribution in [3.8, 4) is 5.75 Å². The van der Waals surface area contributed by atoms with Crippen LogP contribution >= 0.6 is 0 Å². The summed E-state index contributed by atoms with van der Waals surface area (Å²) < 4.78 is 23.1. The second kappa shape index (κ2) is 6.80. The van der Waals surface area contributed by atoms with Crippen molar-refractivity contribution in [2.75, 3.05) is 20.3 Å². The Balaban J connectivity index is 2.82. The first kappa shape index (κ1) is 14.2. The van der Waals surface area contributed by atoms with Gasteiger partial charge in [0.25, 0.3) is 0 Å². The van der Waals surface area contributed by atoms with Crippen molar-refractivity contribution in [3.63, 3.8) is 0 Å². The van der Waals surface area contributed by atoms with Crippen LogP contribution < -0.4 is 15.8 Å². The average Bonchev–Trinajstić information content (AvgIpc) is 2.36. The van der Waals surface area contributed by atoms with Crippen LogP contribution in [0.15, 0.2) is 18.2 Å². The van der Waals surface area contributed by atoms with E-state index in [-0.39, 0.29) is 18.9 Å². The summed E-state index contributed by atoms with van der Waals surface area (Å²) in [5.74, 6) is -0.357. The maximum Gasteiger partial charge on any atom is 0.407 e. The summed E-state index contributed by atoms with van der Waals surface area (Å²) >= 11 is 0. The van der Waals surface area contributed by atoms with E-state index in [1.807, 2.05) is 0 Å². The maximum atomic E-state index is 13.5. The third kappa shape index (κ3) is 3.59. The molecule has 0 aliphatic carbocycles. The topological polar surface area (TPSA) is 73.6 Å². The minimum atomic E-state index is -0.579. The Hall–Kier alpha value is -1.82. The van der Waals surface area contributed by atoms with E-state index < -0.39 is 18.0 Å². The molecule has 1 unspecified atom stereocenters. The van der Waals surface area contributed by atoms with Crippen molar-refractivity contribution < 1.29 is 18.7 Å².